The lowest BCUT2D eigenvalue weighted by molar-refractivity contribution is -0.122. The molecule has 7 nitrogen and oxygen atoms in total. The fraction of sp³-hybridized carbons (Fsp3) is 0.296. The van der Waals surface area contributed by atoms with E-state index in [-0.39, 0.29) is 24.2 Å². The van der Waals surface area contributed by atoms with E-state index in [0.717, 1.165) is 47.4 Å². The van der Waals surface area contributed by atoms with Gasteiger partial charge in [0.2, 0.25) is 5.91 Å². The third-order valence-electron chi connectivity index (χ3n) is 5.81. The van der Waals surface area contributed by atoms with E-state index in [1.165, 1.54) is 0 Å². The lowest BCUT2D eigenvalue weighted by atomic mass is 9.85. The number of aryl methyl sites for hydroxylation is 2. The Labute approximate surface area is 199 Å². The van der Waals surface area contributed by atoms with E-state index in [2.05, 4.69) is 21.9 Å². The van der Waals surface area contributed by atoms with Gasteiger partial charge in [-0.15, -0.1) is 0 Å². The van der Waals surface area contributed by atoms with Crippen LogP contribution in [0.2, 0.25) is 0 Å². The normalized spacial score (nSPS) is 13.8. The molecule has 7 heteroatoms. The minimum Gasteiger partial charge on any atom is -0.486 e. The molecule has 0 saturated heterocycles. The van der Waals surface area contributed by atoms with Crippen LogP contribution in [-0.2, 0) is 11.4 Å². The molecule has 34 heavy (non-hydrogen) atoms. The van der Waals surface area contributed by atoms with Gasteiger partial charge in [0.05, 0.1) is 5.71 Å². The van der Waals surface area contributed by atoms with Crippen LogP contribution in [0.15, 0.2) is 64.1 Å². The molecule has 4 rings (SSSR count). The number of nitrogens with zero attached hydrogens (tertiary/aromatic N) is 1. The summed E-state index contributed by atoms with van der Waals surface area (Å²) < 4.78 is 11.4. The van der Waals surface area contributed by atoms with E-state index in [1.54, 1.807) is 19.1 Å². The minimum absolute atomic E-state index is 0.0569. The maximum atomic E-state index is 12.5. The van der Waals surface area contributed by atoms with Crippen molar-refractivity contribution in [3.8, 4) is 5.75 Å². The van der Waals surface area contributed by atoms with Crippen LogP contribution in [0.1, 0.15) is 59.2 Å². The Kier molecular flexibility index (Phi) is 7.11. The Morgan fingerprint density at radius 1 is 1.06 bits per heavy atom. The molecule has 2 aromatic carbocycles. The molecule has 1 heterocycles. The second-order valence-electron chi connectivity index (χ2n) is 8.71. The highest BCUT2D eigenvalue weighted by atomic mass is 16.5. The van der Waals surface area contributed by atoms with Crippen LogP contribution in [0.25, 0.3) is 0 Å². The van der Waals surface area contributed by atoms with Crippen LogP contribution in [0.3, 0.4) is 0 Å². The van der Waals surface area contributed by atoms with Crippen molar-refractivity contribution in [1.29, 1.82) is 0 Å². The van der Waals surface area contributed by atoms with Gasteiger partial charge in [-0.3, -0.25) is 9.59 Å². The number of nitrogens with one attached hydrogen (secondary N) is 2. The Morgan fingerprint density at radius 2 is 1.82 bits per heavy atom. The first-order valence-corrected chi connectivity index (χ1v) is 11.4. The number of anilines is 1. The highest BCUT2D eigenvalue weighted by Crippen LogP contribution is 2.27. The number of hydrogen-bond acceptors (Lipinski definition) is 5. The molecule has 0 bridgehead atoms. The maximum absolute atomic E-state index is 12.5. The van der Waals surface area contributed by atoms with Crippen LogP contribution in [-0.4, -0.2) is 17.5 Å². The molecule has 0 atom stereocenters. The van der Waals surface area contributed by atoms with Crippen molar-refractivity contribution < 1.29 is 18.7 Å². The van der Waals surface area contributed by atoms with Gasteiger partial charge in [0.25, 0.3) is 0 Å². The molecular weight excluding hydrogens is 430 g/mol. The number of carbonyl (C=O) groups is 2. The molecule has 2 amide bonds. The molecule has 3 aromatic rings. The zero-order valence-electron chi connectivity index (χ0n) is 19.7. The quantitative estimate of drug-likeness (QED) is 0.350. The van der Waals surface area contributed by atoms with Gasteiger partial charge >= 0.3 is 5.91 Å². The van der Waals surface area contributed by atoms with Crippen LogP contribution in [0, 0.1) is 19.8 Å². The number of rotatable bonds is 8. The fourth-order valence-corrected chi connectivity index (χ4v) is 3.74. The maximum Gasteiger partial charge on any atom is 0.307 e. The van der Waals surface area contributed by atoms with Gasteiger partial charge in [0.1, 0.15) is 18.1 Å². The predicted molar refractivity (Wildman–Crippen MR) is 131 cm³/mol. The summed E-state index contributed by atoms with van der Waals surface area (Å²) in [5.41, 5.74) is 6.89. The molecule has 2 N–H and O–H groups in total. The van der Waals surface area contributed by atoms with Gasteiger partial charge in [-0.2, -0.15) is 5.10 Å². The number of carbonyl (C=O) groups excluding carboxylic acids is 2. The highest BCUT2D eigenvalue weighted by Gasteiger charge is 2.25. The van der Waals surface area contributed by atoms with Gasteiger partial charge < -0.3 is 14.5 Å². The summed E-state index contributed by atoms with van der Waals surface area (Å²) in [7, 11) is 0. The Morgan fingerprint density at radius 3 is 2.53 bits per heavy atom. The summed E-state index contributed by atoms with van der Waals surface area (Å²) in [6, 6.07) is 16.7. The molecule has 0 spiro atoms. The van der Waals surface area contributed by atoms with Crippen LogP contribution >= 0.6 is 0 Å². The number of benzene rings is 2. The monoisotopic (exact) mass is 459 g/mol. The van der Waals surface area contributed by atoms with Crippen molar-refractivity contribution in [2.75, 3.05) is 5.32 Å². The molecule has 0 unspecified atom stereocenters. The highest BCUT2D eigenvalue weighted by molar-refractivity contribution is 6.02. The van der Waals surface area contributed by atoms with E-state index in [0.29, 0.717) is 11.5 Å². The third kappa shape index (κ3) is 5.92. The third-order valence-corrected chi connectivity index (χ3v) is 5.81. The zero-order chi connectivity index (χ0) is 24.1. The van der Waals surface area contributed by atoms with Gasteiger partial charge in [-0.05, 0) is 86.7 Å². The molecule has 0 aliphatic heterocycles. The van der Waals surface area contributed by atoms with E-state index < -0.39 is 5.91 Å². The Balaban J connectivity index is 1.33. The van der Waals surface area contributed by atoms with E-state index in [1.807, 2.05) is 50.2 Å². The van der Waals surface area contributed by atoms with Gasteiger partial charge in [0.15, 0.2) is 5.76 Å². The van der Waals surface area contributed by atoms with Crippen molar-refractivity contribution in [1.82, 2.24) is 5.43 Å². The number of ether oxygens (including phenoxy) is 1. The molecule has 0 radical (unpaired) electrons. The molecular formula is C27H29N3O4. The largest absolute Gasteiger partial charge is 0.486 e. The summed E-state index contributed by atoms with van der Waals surface area (Å²) in [6.45, 7) is 6.04. The molecule has 1 aliphatic carbocycles. The molecule has 1 aliphatic rings. The van der Waals surface area contributed by atoms with Crippen LogP contribution in [0.4, 0.5) is 5.69 Å². The standard InChI is InChI=1S/C27H29N3O4/c1-17-12-18(2)14-24(13-17)33-16-23-10-11-25(34-23)27(32)30-29-19(3)21-8-5-9-22(15-21)28-26(31)20-6-4-7-20/h5,8-15,20H,4,6-7,16H2,1-3H3,(H,28,31)(H,30,32)/b29-19+. The second-order valence-corrected chi connectivity index (χ2v) is 8.71. The summed E-state index contributed by atoms with van der Waals surface area (Å²) in [5.74, 6) is 1.17. The first kappa shape index (κ1) is 23.3. The zero-order valence-corrected chi connectivity index (χ0v) is 19.7. The summed E-state index contributed by atoms with van der Waals surface area (Å²) in [4.78, 5) is 24.7. The number of hydrazone groups is 1. The van der Waals surface area contributed by atoms with Crippen molar-refractivity contribution in [2.45, 2.75) is 46.6 Å². The van der Waals surface area contributed by atoms with Crippen LogP contribution in [0.5, 0.6) is 5.75 Å². The lowest BCUT2D eigenvalue weighted by Gasteiger charge is -2.24. The summed E-state index contributed by atoms with van der Waals surface area (Å²) >= 11 is 0. The topological polar surface area (TPSA) is 92.9 Å². The van der Waals surface area contributed by atoms with Gasteiger partial charge in [-0.25, -0.2) is 5.43 Å². The van der Waals surface area contributed by atoms with E-state index in [4.69, 9.17) is 9.15 Å². The van der Waals surface area contributed by atoms with Crippen molar-refractivity contribution in [3.05, 3.63) is 82.8 Å². The van der Waals surface area contributed by atoms with Crippen molar-refractivity contribution >= 4 is 23.2 Å². The average Bonchev–Trinajstić information content (AvgIpc) is 3.23. The molecule has 1 aromatic heterocycles. The van der Waals surface area contributed by atoms with Gasteiger partial charge in [0, 0.05) is 11.6 Å². The second kappa shape index (κ2) is 10.4. The predicted octanol–water partition coefficient (Wildman–Crippen LogP) is 5.37. The first-order valence-electron chi connectivity index (χ1n) is 11.4. The molecule has 1 saturated carbocycles. The summed E-state index contributed by atoms with van der Waals surface area (Å²) in [6.07, 6.45) is 3.01. The van der Waals surface area contributed by atoms with Crippen LogP contribution < -0.4 is 15.5 Å². The Bertz CT molecular complexity index is 1200. The van der Waals surface area contributed by atoms with E-state index >= 15 is 0 Å². The van der Waals surface area contributed by atoms with Gasteiger partial charge in [-0.1, -0.05) is 24.6 Å². The first-order chi connectivity index (χ1) is 16.4. The number of hydrogen-bond donors (Lipinski definition) is 2. The lowest BCUT2D eigenvalue weighted by Crippen LogP contribution is -2.28. The average molecular weight is 460 g/mol. The molecule has 176 valence electrons. The molecule has 1 fully saturated rings. The van der Waals surface area contributed by atoms with Crippen molar-refractivity contribution in [2.24, 2.45) is 11.0 Å². The Hall–Kier alpha value is -3.87. The summed E-state index contributed by atoms with van der Waals surface area (Å²) in [5, 5.41) is 7.14. The fourth-order valence-electron chi connectivity index (χ4n) is 3.74. The van der Waals surface area contributed by atoms with Crippen molar-refractivity contribution in [3.63, 3.8) is 0 Å². The smallest absolute Gasteiger partial charge is 0.307 e. The minimum atomic E-state index is -0.452. The number of amides is 2. The van der Waals surface area contributed by atoms with E-state index in [9.17, 15) is 9.59 Å². The number of furan rings is 1. The SMILES string of the molecule is C/C(=N\NC(=O)c1ccc(COc2cc(C)cc(C)c2)o1)c1cccc(NC(=O)C2CCC2)c1.